The van der Waals surface area contributed by atoms with Gasteiger partial charge in [0.2, 0.25) is 11.8 Å². The Morgan fingerprint density at radius 1 is 0.913 bits per heavy atom. The van der Waals surface area contributed by atoms with Gasteiger partial charge in [0.15, 0.2) is 0 Å². The maximum atomic E-state index is 12.3. The van der Waals surface area contributed by atoms with Gasteiger partial charge in [-0.1, -0.05) is 43.4 Å². The summed E-state index contributed by atoms with van der Waals surface area (Å²) in [6.45, 7) is 8.04. The molecule has 2 bridgehead atoms. The summed E-state index contributed by atoms with van der Waals surface area (Å²) in [4.78, 5) is 24.6. The summed E-state index contributed by atoms with van der Waals surface area (Å²) < 4.78 is 0. The van der Waals surface area contributed by atoms with E-state index in [1.165, 1.54) is 5.56 Å². The molecule has 2 unspecified atom stereocenters. The second-order valence-electron chi connectivity index (χ2n) is 8.11. The molecular weight excluding hydrogens is 286 g/mol. The molecule has 1 aromatic rings. The second-order valence-corrected chi connectivity index (χ2v) is 8.11. The van der Waals surface area contributed by atoms with Crippen LogP contribution < -0.4 is 5.32 Å². The number of hydrogen-bond acceptors (Lipinski definition) is 2. The van der Waals surface area contributed by atoms with Crippen LogP contribution in [0.3, 0.4) is 0 Å². The molecule has 2 aliphatic rings. The molecule has 3 heteroatoms. The van der Waals surface area contributed by atoms with Crippen molar-refractivity contribution < 1.29 is 9.59 Å². The van der Waals surface area contributed by atoms with Crippen molar-refractivity contribution in [1.29, 1.82) is 0 Å². The largest absolute Gasteiger partial charge is 0.296 e. The maximum absolute atomic E-state index is 12.3. The fraction of sp³-hybridized carbons (Fsp3) is 0.500. The average molecular weight is 309 g/mol. The van der Waals surface area contributed by atoms with Gasteiger partial charge in [-0.3, -0.25) is 14.9 Å². The molecule has 0 radical (unpaired) electrons. The Kier molecular flexibility index (Phi) is 3.41. The van der Waals surface area contributed by atoms with Gasteiger partial charge in [-0.15, -0.1) is 0 Å². The molecule has 1 saturated carbocycles. The Bertz CT molecular complexity index is 709. The lowest BCUT2D eigenvalue weighted by molar-refractivity contribution is -0.158. The number of imide groups is 1. The van der Waals surface area contributed by atoms with Gasteiger partial charge in [0.05, 0.1) is 0 Å². The second kappa shape index (κ2) is 4.96. The molecule has 3 nitrogen and oxygen atoms in total. The molecule has 1 aliphatic carbocycles. The number of rotatable bonds is 0. The van der Waals surface area contributed by atoms with Crippen molar-refractivity contribution in [2.75, 3.05) is 0 Å². The minimum Gasteiger partial charge on any atom is -0.296 e. The third-order valence-corrected chi connectivity index (χ3v) is 5.22. The number of amides is 2. The van der Waals surface area contributed by atoms with Crippen molar-refractivity contribution in [3.05, 3.63) is 35.4 Å². The van der Waals surface area contributed by atoms with Gasteiger partial charge in [0.1, 0.15) is 0 Å². The normalized spacial score (nSPS) is 36.0. The van der Waals surface area contributed by atoms with E-state index >= 15 is 0 Å². The Labute approximate surface area is 137 Å². The number of benzene rings is 1. The number of fused-ring (bicyclic) bond motifs is 2. The van der Waals surface area contributed by atoms with E-state index in [2.05, 4.69) is 24.1 Å². The van der Waals surface area contributed by atoms with E-state index in [4.69, 9.17) is 0 Å². The summed E-state index contributed by atoms with van der Waals surface area (Å²) in [6.07, 6.45) is 1.99. The van der Waals surface area contributed by atoms with Crippen LogP contribution >= 0.6 is 0 Å². The first kappa shape index (κ1) is 15.8. The minimum absolute atomic E-state index is 0.150. The smallest absolute Gasteiger partial charge is 0.232 e. The molecule has 1 aromatic carbocycles. The highest BCUT2D eigenvalue weighted by molar-refractivity contribution is 6.03. The highest BCUT2D eigenvalue weighted by atomic mass is 16.2. The van der Waals surface area contributed by atoms with Crippen molar-refractivity contribution in [3.63, 3.8) is 0 Å². The lowest BCUT2D eigenvalue weighted by Gasteiger charge is -2.52. The van der Waals surface area contributed by atoms with Crippen molar-refractivity contribution in [2.24, 2.45) is 16.2 Å². The first-order valence-electron chi connectivity index (χ1n) is 8.10. The van der Waals surface area contributed by atoms with Crippen LogP contribution in [-0.2, 0) is 9.59 Å². The van der Waals surface area contributed by atoms with Gasteiger partial charge in [-0.2, -0.15) is 0 Å². The van der Waals surface area contributed by atoms with Crippen molar-refractivity contribution in [2.45, 2.75) is 47.0 Å². The Balaban J connectivity index is 1.95. The Morgan fingerprint density at radius 2 is 1.43 bits per heavy atom. The highest BCUT2D eigenvalue weighted by Crippen LogP contribution is 2.56. The average Bonchev–Trinajstić information content (AvgIpc) is 2.44. The quantitative estimate of drug-likeness (QED) is 0.591. The number of carbonyl (C=O) groups is 2. The van der Waals surface area contributed by atoms with Gasteiger partial charge in [0.25, 0.3) is 0 Å². The zero-order valence-electron chi connectivity index (χ0n) is 14.2. The predicted octanol–water partition coefficient (Wildman–Crippen LogP) is 3.21. The van der Waals surface area contributed by atoms with Crippen LogP contribution in [0.5, 0.6) is 0 Å². The topological polar surface area (TPSA) is 46.2 Å². The molecule has 0 aromatic heterocycles. The van der Waals surface area contributed by atoms with Crippen LogP contribution in [0, 0.1) is 35.0 Å². The number of piperidine rings is 1. The molecule has 2 fully saturated rings. The van der Waals surface area contributed by atoms with Crippen LogP contribution in [0.15, 0.2) is 24.3 Å². The summed E-state index contributed by atoms with van der Waals surface area (Å²) >= 11 is 0. The molecule has 1 N–H and O–H groups in total. The number of carbonyl (C=O) groups excluding carboxylic acids is 2. The molecule has 0 spiro atoms. The van der Waals surface area contributed by atoms with Crippen LogP contribution in [0.1, 0.15) is 51.2 Å². The molecule has 120 valence electrons. The molecule has 1 saturated heterocycles. The van der Waals surface area contributed by atoms with E-state index in [1.807, 2.05) is 45.0 Å². The van der Waals surface area contributed by atoms with E-state index < -0.39 is 10.8 Å². The van der Waals surface area contributed by atoms with Crippen LogP contribution in [0.4, 0.5) is 0 Å². The van der Waals surface area contributed by atoms with E-state index in [0.29, 0.717) is 19.3 Å². The predicted molar refractivity (Wildman–Crippen MR) is 89.4 cm³/mol. The summed E-state index contributed by atoms with van der Waals surface area (Å²) in [6, 6.07) is 8.11. The number of hydrogen-bond donors (Lipinski definition) is 1. The van der Waals surface area contributed by atoms with Crippen molar-refractivity contribution >= 4 is 11.8 Å². The van der Waals surface area contributed by atoms with Crippen LogP contribution in [0.25, 0.3) is 0 Å². The fourth-order valence-electron chi connectivity index (χ4n) is 4.45. The Morgan fingerprint density at radius 3 is 1.96 bits per heavy atom. The third kappa shape index (κ3) is 2.79. The summed E-state index contributed by atoms with van der Waals surface area (Å²) in [5, 5.41) is 2.55. The number of nitrogens with one attached hydrogen (secondary N) is 1. The van der Waals surface area contributed by atoms with Gasteiger partial charge >= 0.3 is 0 Å². The summed E-state index contributed by atoms with van der Waals surface area (Å²) in [5.74, 6) is 6.31. The van der Waals surface area contributed by atoms with Gasteiger partial charge in [-0.25, -0.2) is 0 Å². The number of aryl methyl sites for hydroxylation is 1. The molecule has 2 atom stereocenters. The van der Waals surface area contributed by atoms with Crippen molar-refractivity contribution in [1.82, 2.24) is 5.32 Å². The molecule has 1 aliphatic heterocycles. The fourth-order valence-corrected chi connectivity index (χ4v) is 4.45. The first-order valence-corrected chi connectivity index (χ1v) is 8.10. The third-order valence-electron chi connectivity index (χ3n) is 5.22. The molecular formula is C20H23NO2. The van der Waals surface area contributed by atoms with Crippen molar-refractivity contribution in [3.8, 4) is 11.8 Å². The molecule has 2 amide bonds. The lowest BCUT2D eigenvalue weighted by atomic mass is 9.52. The van der Waals surface area contributed by atoms with Gasteiger partial charge in [0, 0.05) is 21.8 Å². The zero-order chi connectivity index (χ0) is 16.9. The standard InChI is InChI=1S/C20H23NO2/c1-14-5-7-15(8-6-14)9-10-18(2)11-19(3)13-20(4,12-18)17(23)21-16(19)22/h5-8H,11-13H2,1-4H3,(H,21,22,23). The highest BCUT2D eigenvalue weighted by Gasteiger charge is 2.58. The molecule has 1 heterocycles. The van der Waals surface area contributed by atoms with Crippen LogP contribution in [-0.4, -0.2) is 11.8 Å². The summed E-state index contributed by atoms with van der Waals surface area (Å²) in [7, 11) is 0. The first-order chi connectivity index (χ1) is 10.6. The maximum Gasteiger partial charge on any atom is 0.232 e. The summed E-state index contributed by atoms with van der Waals surface area (Å²) in [5.41, 5.74) is 0.810. The zero-order valence-corrected chi connectivity index (χ0v) is 14.2. The van der Waals surface area contributed by atoms with Gasteiger partial charge in [-0.05, 0) is 45.2 Å². The minimum atomic E-state index is -0.516. The molecule has 3 rings (SSSR count). The van der Waals surface area contributed by atoms with E-state index in [0.717, 1.165) is 5.56 Å². The SMILES string of the molecule is Cc1ccc(C#CC2(C)CC3(C)CC(C)(C2)C(=O)NC3=O)cc1. The van der Waals surface area contributed by atoms with Crippen LogP contribution in [0.2, 0.25) is 0 Å². The molecule has 23 heavy (non-hydrogen) atoms. The van der Waals surface area contributed by atoms with E-state index in [1.54, 1.807) is 0 Å². The van der Waals surface area contributed by atoms with E-state index in [9.17, 15) is 9.59 Å². The monoisotopic (exact) mass is 309 g/mol. The van der Waals surface area contributed by atoms with E-state index in [-0.39, 0.29) is 17.2 Å². The van der Waals surface area contributed by atoms with Gasteiger partial charge < -0.3 is 0 Å². The Hall–Kier alpha value is -2.08. The lowest BCUT2D eigenvalue weighted by Crippen LogP contribution is -2.61.